The molecule has 2 aromatic rings. The van der Waals surface area contributed by atoms with Crippen molar-refractivity contribution >= 4 is 22.3 Å². The number of anilines is 2. The molecule has 1 aliphatic carbocycles. The number of nitrogens with zero attached hydrogens (tertiary/aromatic N) is 1. The number of pyridine rings is 1. The molecule has 1 aromatic carbocycles. The Kier molecular flexibility index (Phi) is 2.39. The number of nitrogens with one attached hydrogen (secondary N) is 1. The summed E-state index contributed by atoms with van der Waals surface area (Å²) in [5, 5.41) is 4.75. The van der Waals surface area contributed by atoms with E-state index in [9.17, 15) is 0 Å². The normalized spacial score (nSPS) is 22.6. The van der Waals surface area contributed by atoms with E-state index in [1.165, 1.54) is 18.5 Å². The van der Waals surface area contributed by atoms with Gasteiger partial charge in [-0.05, 0) is 36.6 Å². The van der Waals surface area contributed by atoms with E-state index in [0.29, 0.717) is 6.04 Å². The van der Waals surface area contributed by atoms with E-state index in [2.05, 4.69) is 17.2 Å². The van der Waals surface area contributed by atoms with E-state index < -0.39 is 0 Å². The summed E-state index contributed by atoms with van der Waals surface area (Å²) in [6.07, 6.45) is 4.39. The fourth-order valence-electron chi connectivity index (χ4n) is 2.37. The van der Waals surface area contributed by atoms with Crippen LogP contribution in [0.25, 0.3) is 10.9 Å². The third kappa shape index (κ3) is 1.93. The van der Waals surface area contributed by atoms with Gasteiger partial charge in [-0.25, -0.2) is 0 Å². The highest BCUT2D eigenvalue weighted by Gasteiger charge is 2.35. The minimum absolute atomic E-state index is 0.642. The Hall–Kier alpha value is -1.77. The van der Waals surface area contributed by atoms with Gasteiger partial charge in [-0.3, -0.25) is 4.98 Å². The smallest absolute Gasteiger partial charge is 0.0743 e. The molecule has 3 nitrogen and oxygen atoms in total. The molecule has 2 unspecified atom stereocenters. The average molecular weight is 227 g/mol. The van der Waals surface area contributed by atoms with Gasteiger partial charge in [0.1, 0.15) is 0 Å². The lowest BCUT2D eigenvalue weighted by Crippen LogP contribution is -2.05. The van der Waals surface area contributed by atoms with Crippen LogP contribution in [0.4, 0.5) is 11.4 Å². The van der Waals surface area contributed by atoms with Crippen LogP contribution in [0.3, 0.4) is 0 Å². The van der Waals surface area contributed by atoms with Gasteiger partial charge in [-0.2, -0.15) is 0 Å². The molecule has 1 aliphatic rings. The second kappa shape index (κ2) is 3.91. The van der Waals surface area contributed by atoms with Crippen molar-refractivity contribution in [2.75, 3.05) is 11.1 Å². The molecule has 88 valence electrons. The lowest BCUT2D eigenvalue weighted by atomic mass is 10.1. The summed E-state index contributed by atoms with van der Waals surface area (Å²) in [6.45, 7) is 2.25. The van der Waals surface area contributed by atoms with Gasteiger partial charge < -0.3 is 11.1 Å². The Morgan fingerprint density at radius 2 is 2.29 bits per heavy atom. The maximum atomic E-state index is 5.77. The van der Waals surface area contributed by atoms with E-state index in [1.54, 1.807) is 0 Å². The number of hydrogen-bond donors (Lipinski definition) is 2. The van der Waals surface area contributed by atoms with Crippen LogP contribution in [0.15, 0.2) is 30.5 Å². The minimum Gasteiger partial charge on any atom is -0.399 e. The first-order valence-electron chi connectivity index (χ1n) is 6.18. The van der Waals surface area contributed by atoms with Crippen LogP contribution in [0.1, 0.15) is 19.8 Å². The van der Waals surface area contributed by atoms with Gasteiger partial charge in [0, 0.05) is 29.0 Å². The van der Waals surface area contributed by atoms with Crippen molar-refractivity contribution in [1.82, 2.24) is 4.98 Å². The molecule has 0 aliphatic heterocycles. The summed E-state index contributed by atoms with van der Waals surface area (Å²) in [5.41, 5.74) is 8.67. The molecule has 3 N–H and O–H groups in total. The van der Waals surface area contributed by atoms with Crippen molar-refractivity contribution in [2.45, 2.75) is 25.8 Å². The van der Waals surface area contributed by atoms with Crippen molar-refractivity contribution in [2.24, 2.45) is 5.92 Å². The third-order valence-electron chi connectivity index (χ3n) is 3.55. The molecule has 17 heavy (non-hydrogen) atoms. The summed E-state index contributed by atoms with van der Waals surface area (Å²) >= 11 is 0. The zero-order valence-electron chi connectivity index (χ0n) is 9.98. The number of benzene rings is 1. The van der Waals surface area contributed by atoms with Gasteiger partial charge in [0.15, 0.2) is 0 Å². The molecule has 0 spiro atoms. The first kappa shape index (κ1) is 10.4. The van der Waals surface area contributed by atoms with Gasteiger partial charge >= 0.3 is 0 Å². The highest BCUT2D eigenvalue weighted by atomic mass is 15.0. The Balaban J connectivity index is 1.94. The Morgan fingerprint density at radius 3 is 3.06 bits per heavy atom. The Labute approximate surface area is 101 Å². The lowest BCUT2D eigenvalue weighted by molar-refractivity contribution is 0.775. The van der Waals surface area contributed by atoms with Crippen LogP contribution in [0.5, 0.6) is 0 Å². The van der Waals surface area contributed by atoms with Gasteiger partial charge in [0.05, 0.1) is 5.52 Å². The second-order valence-corrected chi connectivity index (χ2v) is 4.79. The number of fused-ring (bicyclic) bond motifs is 1. The molecule has 3 rings (SSSR count). The zero-order chi connectivity index (χ0) is 11.8. The predicted molar refractivity (Wildman–Crippen MR) is 72.0 cm³/mol. The molecule has 0 radical (unpaired) electrons. The molecule has 1 aromatic heterocycles. The molecule has 1 fully saturated rings. The Bertz CT molecular complexity index is 550. The van der Waals surface area contributed by atoms with Gasteiger partial charge in [-0.15, -0.1) is 0 Å². The fourth-order valence-corrected chi connectivity index (χ4v) is 2.37. The molecular weight excluding hydrogens is 210 g/mol. The molecular formula is C14H17N3. The maximum absolute atomic E-state index is 5.77. The predicted octanol–water partition coefficient (Wildman–Crippen LogP) is 3.03. The minimum atomic E-state index is 0.642. The number of rotatable bonds is 3. The van der Waals surface area contributed by atoms with Crippen LogP contribution in [0.2, 0.25) is 0 Å². The highest BCUT2D eigenvalue weighted by Crippen LogP contribution is 2.37. The average Bonchev–Trinajstić information content (AvgIpc) is 3.07. The van der Waals surface area contributed by atoms with Crippen LogP contribution in [-0.2, 0) is 0 Å². The van der Waals surface area contributed by atoms with Crippen molar-refractivity contribution in [3.63, 3.8) is 0 Å². The van der Waals surface area contributed by atoms with Gasteiger partial charge in [0.25, 0.3) is 0 Å². The fraction of sp³-hybridized carbons (Fsp3) is 0.357. The summed E-state index contributed by atoms with van der Waals surface area (Å²) < 4.78 is 0. The van der Waals surface area contributed by atoms with Crippen LogP contribution >= 0.6 is 0 Å². The lowest BCUT2D eigenvalue weighted by Gasteiger charge is -2.09. The first-order chi connectivity index (χ1) is 8.28. The summed E-state index contributed by atoms with van der Waals surface area (Å²) in [4.78, 5) is 4.35. The molecule has 1 heterocycles. The van der Waals surface area contributed by atoms with Crippen molar-refractivity contribution < 1.29 is 0 Å². The summed E-state index contributed by atoms with van der Waals surface area (Å²) in [7, 11) is 0. The van der Waals surface area contributed by atoms with E-state index in [4.69, 9.17) is 5.73 Å². The molecule has 1 saturated carbocycles. The molecule has 3 heteroatoms. The van der Waals surface area contributed by atoms with E-state index >= 15 is 0 Å². The number of hydrogen-bond acceptors (Lipinski definition) is 3. The second-order valence-electron chi connectivity index (χ2n) is 4.79. The molecule has 2 atom stereocenters. The zero-order valence-corrected chi connectivity index (χ0v) is 9.98. The van der Waals surface area contributed by atoms with Crippen LogP contribution in [-0.4, -0.2) is 11.0 Å². The van der Waals surface area contributed by atoms with Crippen molar-refractivity contribution in [1.29, 1.82) is 0 Å². The Morgan fingerprint density at radius 1 is 1.41 bits per heavy atom. The van der Waals surface area contributed by atoms with E-state index in [-0.39, 0.29) is 0 Å². The summed E-state index contributed by atoms with van der Waals surface area (Å²) in [6, 6.07) is 8.58. The quantitative estimate of drug-likeness (QED) is 0.792. The van der Waals surface area contributed by atoms with E-state index in [0.717, 1.165) is 22.5 Å². The van der Waals surface area contributed by atoms with Gasteiger partial charge in [-0.1, -0.05) is 13.3 Å². The number of nitrogen functional groups attached to an aromatic ring is 1. The standard InChI is InChI=1S/C14H17N3/c1-2-9-7-13(9)17-12-5-6-16-14-8-10(15)3-4-11(12)14/h3-6,8-9,13H,2,7,15H2,1H3,(H,16,17). The van der Waals surface area contributed by atoms with E-state index in [1.807, 2.05) is 30.5 Å². The monoisotopic (exact) mass is 227 g/mol. The topological polar surface area (TPSA) is 50.9 Å². The molecule has 0 amide bonds. The molecule has 0 saturated heterocycles. The van der Waals surface area contributed by atoms with Gasteiger partial charge in [0.2, 0.25) is 0 Å². The summed E-state index contributed by atoms with van der Waals surface area (Å²) in [5.74, 6) is 0.840. The number of nitrogens with two attached hydrogens (primary N) is 1. The van der Waals surface area contributed by atoms with Crippen molar-refractivity contribution in [3.05, 3.63) is 30.5 Å². The first-order valence-corrected chi connectivity index (χ1v) is 6.18. The third-order valence-corrected chi connectivity index (χ3v) is 3.55. The molecule has 0 bridgehead atoms. The van der Waals surface area contributed by atoms with Crippen molar-refractivity contribution in [3.8, 4) is 0 Å². The largest absolute Gasteiger partial charge is 0.399 e. The maximum Gasteiger partial charge on any atom is 0.0743 e. The highest BCUT2D eigenvalue weighted by molar-refractivity contribution is 5.92. The van der Waals surface area contributed by atoms with Crippen LogP contribution < -0.4 is 11.1 Å². The van der Waals surface area contributed by atoms with Crippen LogP contribution in [0, 0.1) is 5.92 Å². The number of aromatic nitrogens is 1. The SMILES string of the molecule is CCC1CC1Nc1ccnc2cc(N)ccc12.